The van der Waals surface area contributed by atoms with Crippen molar-refractivity contribution in [2.45, 2.75) is 17.8 Å². The SMILES string of the molecule is COc1ncccc1C(=O)NC1c2ccccc2CC1Cl. The molecule has 0 saturated heterocycles. The summed E-state index contributed by atoms with van der Waals surface area (Å²) in [5.41, 5.74) is 2.67. The van der Waals surface area contributed by atoms with Crippen molar-refractivity contribution in [3.8, 4) is 5.88 Å². The predicted octanol–water partition coefficient (Wildman–Crippen LogP) is 2.72. The number of nitrogens with zero attached hydrogens (tertiary/aromatic N) is 1. The number of ether oxygens (including phenoxy) is 1. The molecule has 0 aliphatic heterocycles. The van der Waals surface area contributed by atoms with E-state index in [0.29, 0.717) is 11.4 Å². The molecule has 2 aromatic rings. The Balaban J connectivity index is 1.85. The average Bonchev–Trinajstić information content (AvgIpc) is 2.83. The largest absolute Gasteiger partial charge is 0.480 e. The standard InChI is InChI=1S/C16H15ClN2O2/c1-21-16-12(7-4-8-18-16)15(20)19-14-11-6-3-2-5-10(11)9-13(14)17/h2-8,13-14H,9H2,1H3,(H,19,20). The number of fused-ring (bicyclic) bond motifs is 1. The van der Waals surface area contributed by atoms with Gasteiger partial charge in [0.1, 0.15) is 5.56 Å². The Morgan fingerprint density at radius 1 is 1.33 bits per heavy atom. The molecule has 2 unspecified atom stereocenters. The van der Waals surface area contributed by atoms with Crippen LogP contribution in [0.5, 0.6) is 5.88 Å². The molecule has 21 heavy (non-hydrogen) atoms. The van der Waals surface area contributed by atoms with Crippen molar-refractivity contribution in [3.05, 3.63) is 59.3 Å². The average molecular weight is 303 g/mol. The monoisotopic (exact) mass is 302 g/mol. The van der Waals surface area contributed by atoms with Gasteiger partial charge in [-0.25, -0.2) is 4.98 Å². The minimum absolute atomic E-state index is 0.144. The van der Waals surface area contributed by atoms with E-state index in [1.807, 2.05) is 24.3 Å². The van der Waals surface area contributed by atoms with Crippen LogP contribution in [0.25, 0.3) is 0 Å². The van der Waals surface area contributed by atoms with E-state index in [1.165, 1.54) is 12.7 Å². The van der Waals surface area contributed by atoms with Gasteiger partial charge in [0, 0.05) is 6.20 Å². The van der Waals surface area contributed by atoms with Crippen LogP contribution in [0, 0.1) is 0 Å². The quantitative estimate of drug-likeness (QED) is 0.887. The maximum atomic E-state index is 12.4. The first kappa shape index (κ1) is 13.9. The molecule has 4 nitrogen and oxygen atoms in total. The molecule has 0 spiro atoms. The Morgan fingerprint density at radius 3 is 2.95 bits per heavy atom. The van der Waals surface area contributed by atoms with Crippen molar-refractivity contribution in [1.29, 1.82) is 0 Å². The van der Waals surface area contributed by atoms with Crippen molar-refractivity contribution in [3.63, 3.8) is 0 Å². The number of carbonyl (C=O) groups excluding carboxylic acids is 1. The van der Waals surface area contributed by atoms with E-state index >= 15 is 0 Å². The number of carbonyl (C=O) groups is 1. The molecule has 0 saturated carbocycles. The van der Waals surface area contributed by atoms with Crippen LogP contribution in [0.4, 0.5) is 0 Å². The molecule has 0 bridgehead atoms. The molecule has 1 aliphatic carbocycles. The van der Waals surface area contributed by atoms with Crippen LogP contribution >= 0.6 is 11.6 Å². The Kier molecular flexibility index (Phi) is 3.80. The van der Waals surface area contributed by atoms with Crippen LogP contribution in [0.3, 0.4) is 0 Å². The second kappa shape index (κ2) is 5.74. The van der Waals surface area contributed by atoms with Crippen LogP contribution in [0.2, 0.25) is 0 Å². The maximum Gasteiger partial charge on any atom is 0.257 e. The number of halogens is 1. The summed E-state index contributed by atoms with van der Waals surface area (Å²) in [5, 5.41) is 2.84. The van der Waals surface area contributed by atoms with Gasteiger partial charge in [-0.2, -0.15) is 0 Å². The van der Waals surface area contributed by atoms with Gasteiger partial charge in [0.2, 0.25) is 5.88 Å². The molecule has 3 rings (SSSR count). The molecule has 1 N–H and O–H groups in total. The number of hydrogen-bond donors (Lipinski definition) is 1. The van der Waals surface area contributed by atoms with Crippen molar-refractivity contribution >= 4 is 17.5 Å². The topological polar surface area (TPSA) is 51.2 Å². The lowest BCUT2D eigenvalue weighted by atomic mass is 10.1. The van der Waals surface area contributed by atoms with Crippen molar-refractivity contribution in [2.24, 2.45) is 0 Å². The summed E-state index contributed by atoms with van der Waals surface area (Å²) in [6, 6.07) is 11.2. The van der Waals surface area contributed by atoms with Gasteiger partial charge in [-0.3, -0.25) is 4.79 Å². The van der Waals surface area contributed by atoms with Crippen LogP contribution in [0.1, 0.15) is 27.5 Å². The highest BCUT2D eigenvalue weighted by atomic mass is 35.5. The smallest absolute Gasteiger partial charge is 0.257 e. The fraction of sp³-hybridized carbons (Fsp3) is 0.250. The maximum absolute atomic E-state index is 12.4. The number of rotatable bonds is 3. The van der Waals surface area contributed by atoms with E-state index in [0.717, 1.165) is 12.0 Å². The third kappa shape index (κ3) is 2.59. The number of alkyl halides is 1. The Labute approximate surface area is 128 Å². The lowest BCUT2D eigenvalue weighted by Gasteiger charge is -2.18. The molecular weight excluding hydrogens is 288 g/mol. The second-order valence-electron chi connectivity index (χ2n) is 4.93. The zero-order chi connectivity index (χ0) is 14.8. The molecule has 1 amide bonds. The third-order valence-electron chi connectivity index (χ3n) is 3.66. The van der Waals surface area contributed by atoms with Crippen LogP contribution < -0.4 is 10.1 Å². The zero-order valence-corrected chi connectivity index (χ0v) is 12.3. The summed E-state index contributed by atoms with van der Waals surface area (Å²) in [4.78, 5) is 16.5. The molecule has 1 aliphatic rings. The van der Waals surface area contributed by atoms with Crippen molar-refractivity contribution in [1.82, 2.24) is 10.3 Å². The number of nitrogens with one attached hydrogen (secondary N) is 1. The molecule has 108 valence electrons. The number of methoxy groups -OCH3 is 1. The fourth-order valence-electron chi connectivity index (χ4n) is 2.66. The van der Waals surface area contributed by atoms with Gasteiger partial charge < -0.3 is 10.1 Å². The molecule has 5 heteroatoms. The minimum Gasteiger partial charge on any atom is -0.480 e. The summed E-state index contributed by atoms with van der Waals surface area (Å²) in [6.45, 7) is 0. The molecule has 0 fully saturated rings. The number of pyridine rings is 1. The molecule has 0 radical (unpaired) electrons. The van der Waals surface area contributed by atoms with Gasteiger partial charge in [0.05, 0.1) is 18.5 Å². The van der Waals surface area contributed by atoms with E-state index in [9.17, 15) is 4.79 Å². The Morgan fingerprint density at radius 2 is 2.14 bits per heavy atom. The van der Waals surface area contributed by atoms with Gasteiger partial charge in [0.15, 0.2) is 0 Å². The van der Waals surface area contributed by atoms with Gasteiger partial charge in [-0.15, -0.1) is 11.6 Å². The third-order valence-corrected chi connectivity index (χ3v) is 4.07. The van der Waals surface area contributed by atoms with Crippen LogP contribution in [-0.4, -0.2) is 23.4 Å². The van der Waals surface area contributed by atoms with E-state index < -0.39 is 0 Å². The first-order valence-electron chi connectivity index (χ1n) is 6.72. The Hall–Kier alpha value is -2.07. The minimum atomic E-state index is -0.229. The lowest BCUT2D eigenvalue weighted by molar-refractivity contribution is 0.0933. The normalized spacial score (nSPS) is 19.9. The highest BCUT2D eigenvalue weighted by molar-refractivity contribution is 6.21. The second-order valence-corrected chi connectivity index (χ2v) is 5.49. The van der Waals surface area contributed by atoms with E-state index in [2.05, 4.69) is 10.3 Å². The van der Waals surface area contributed by atoms with Crippen molar-refractivity contribution in [2.75, 3.05) is 7.11 Å². The fourth-order valence-corrected chi connectivity index (χ4v) is 3.02. The molecule has 1 aromatic heterocycles. The Bertz CT molecular complexity index is 675. The van der Waals surface area contributed by atoms with E-state index in [1.54, 1.807) is 18.3 Å². The van der Waals surface area contributed by atoms with Gasteiger partial charge in [0.25, 0.3) is 5.91 Å². The molecule has 1 aromatic carbocycles. The highest BCUT2D eigenvalue weighted by Crippen LogP contribution is 2.35. The van der Waals surface area contributed by atoms with E-state index in [-0.39, 0.29) is 17.3 Å². The number of amides is 1. The summed E-state index contributed by atoms with van der Waals surface area (Å²) in [5.74, 6) is 0.0831. The molecule has 2 atom stereocenters. The number of benzene rings is 1. The summed E-state index contributed by atoms with van der Waals surface area (Å²) in [6.07, 6.45) is 2.34. The van der Waals surface area contributed by atoms with Gasteiger partial charge in [-0.05, 0) is 29.7 Å². The lowest BCUT2D eigenvalue weighted by Crippen LogP contribution is -2.32. The molecular formula is C16H15ClN2O2. The summed E-state index contributed by atoms with van der Waals surface area (Å²) in [7, 11) is 1.49. The van der Waals surface area contributed by atoms with Gasteiger partial charge >= 0.3 is 0 Å². The molecule has 1 heterocycles. The number of hydrogen-bond acceptors (Lipinski definition) is 3. The van der Waals surface area contributed by atoms with Gasteiger partial charge in [-0.1, -0.05) is 24.3 Å². The van der Waals surface area contributed by atoms with Crippen LogP contribution in [0.15, 0.2) is 42.6 Å². The van der Waals surface area contributed by atoms with Crippen molar-refractivity contribution < 1.29 is 9.53 Å². The van der Waals surface area contributed by atoms with Crippen LogP contribution in [-0.2, 0) is 6.42 Å². The summed E-state index contributed by atoms with van der Waals surface area (Å²) < 4.78 is 5.12. The zero-order valence-electron chi connectivity index (χ0n) is 11.5. The van der Waals surface area contributed by atoms with E-state index in [4.69, 9.17) is 16.3 Å². The summed E-state index contributed by atoms with van der Waals surface area (Å²) >= 11 is 6.39. The first-order chi connectivity index (χ1) is 10.2. The predicted molar refractivity (Wildman–Crippen MR) is 80.8 cm³/mol. The number of aromatic nitrogens is 1. The first-order valence-corrected chi connectivity index (χ1v) is 7.16. The highest BCUT2D eigenvalue weighted by Gasteiger charge is 2.32.